The van der Waals surface area contributed by atoms with Crippen molar-refractivity contribution in [2.75, 3.05) is 16.3 Å². The Bertz CT molecular complexity index is 1150. The second-order valence-corrected chi connectivity index (χ2v) is 10.3. The molecule has 1 amide bonds. The summed E-state index contributed by atoms with van der Waals surface area (Å²) in [6, 6.07) is 6.56. The standard InChI is InChI=1S/C17H19ClFN3O5S2/c1-10(2)21-29(26,27)12-5-6-14(18)13(9-12)17(23)20-11-4-7-15(19)16(8-11)22-28(3,24)25/h4-10,21-22H,1-3H3,(H,20,23). The lowest BCUT2D eigenvalue weighted by Crippen LogP contribution is -2.30. The summed E-state index contributed by atoms with van der Waals surface area (Å²) < 4.78 is 65.4. The van der Waals surface area contributed by atoms with Gasteiger partial charge in [0.25, 0.3) is 5.91 Å². The molecule has 0 atom stereocenters. The first-order valence-electron chi connectivity index (χ1n) is 8.19. The van der Waals surface area contributed by atoms with E-state index in [9.17, 15) is 26.0 Å². The van der Waals surface area contributed by atoms with Crippen molar-refractivity contribution < 1.29 is 26.0 Å². The first kappa shape index (κ1) is 23.1. The van der Waals surface area contributed by atoms with Crippen LogP contribution in [0.25, 0.3) is 0 Å². The lowest BCUT2D eigenvalue weighted by molar-refractivity contribution is 0.102. The van der Waals surface area contributed by atoms with Crippen molar-refractivity contribution in [2.24, 2.45) is 0 Å². The molecule has 158 valence electrons. The molecule has 0 aliphatic carbocycles. The number of carbonyl (C=O) groups is 1. The minimum atomic E-state index is -3.85. The van der Waals surface area contributed by atoms with Crippen molar-refractivity contribution in [3.05, 3.63) is 52.8 Å². The highest BCUT2D eigenvalue weighted by Crippen LogP contribution is 2.24. The van der Waals surface area contributed by atoms with Crippen LogP contribution in [0.15, 0.2) is 41.3 Å². The number of anilines is 2. The smallest absolute Gasteiger partial charge is 0.257 e. The number of benzene rings is 2. The first-order chi connectivity index (χ1) is 13.3. The van der Waals surface area contributed by atoms with Crippen molar-refractivity contribution in [3.63, 3.8) is 0 Å². The van der Waals surface area contributed by atoms with E-state index in [1.165, 1.54) is 18.2 Å². The Labute approximate surface area is 173 Å². The van der Waals surface area contributed by atoms with Gasteiger partial charge in [-0.15, -0.1) is 0 Å². The van der Waals surface area contributed by atoms with Gasteiger partial charge in [-0.1, -0.05) is 11.6 Å². The molecule has 0 aliphatic heterocycles. The Balaban J connectivity index is 2.34. The number of nitrogens with one attached hydrogen (secondary N) is 3. The molecule has 0 saturated carbocycles. The zero-order valence-electron chi connectivity index (χ0n) is 15.7. The predicted octanol–water partition coefficient (Wildman–Crippen LogP) is 2.79. The predicted molar refractivity (Wildman–Crippen MR) is 110 cm³/mol. The maximum atomic E-state index is 13.8. The fourth-order valence-corrected chi connectivity index (χ4v) is 4.34. The highest BCUT2D eigenvalue weighted by Gasteiger charge is 2.20. The molecule has 0 spiro atoms. The molecule has 0 aliphatic rings. The summed E-state index contributed by atoms with van der Waals surface area (Å²) in [7, 11) is -7.59. The van der Waals surface area contributed by atoms with Gasteiger partial charge in [-0.3, -0.25) is 9.52 Å². The van der Waals surface area contributed by atoms with Crippen LogP contribution in [0.1, 0.15) is 24.2 Å². The second-order valence-electron chi connectivity index (χ2n) is 6.44. The average Bonchev–Trinajstić information content (AvgIpc) is 2.55. The largest absolute Gasteiger partial charge is 0.322 e. The van der Waals surface area contributed by atoms with E-state index >= 15 is 0 Å². The van der Waals surface area contributed by atoms with Gasteiger partial charge < -0.3 is 5.32 Å². The van der Waals surface area contributed by atoms with Crippen LogP contribution in [0, 0.1) is 5.82 Å². The van der Waals surface area contributed by atoms with Gasteiger partial charge in [-0.2, -0.15) is 0 Å². The zero-order valence-corrected chi connectivity index (χ0v) is 18.0. The van der Waals surface area contributed by atoms with Crippen molar-refractivity contribution >= 4 is 48.9 Å². The molecule has 0 unspecified atom stereocenters. The van der Waals surface area contributed by atoms with Gasteiger partial charge in [0.05, 0.1) is 27.4 Å². The quantitative estimate of drug-likeness (QED) is 0.583. The topological polar surface area (TPSA) is 121 Å². The molecular weight excluding hydrogens is 445 g/mol. The normalized spacial score (nSPS) is 12.1. The number of hydrogen-bond donors (Lipinski definition) is 3. The van der Waals surface area contributed by atoms with Gasteiger partial charge in [0.1, 0.15) is 5.82 Å². The number of rotatable bonds is 7. The highest BCUT2D eigenvalue weighted by molar-refractivity contribution is 7.92. The van der Waals surface area contributed by atoms with E-state index in [-0.39, 0.29) is 32.9 Å². The van der Waals surface area contributed by atoms with E-state index in [4.69, 9.17) is 11.6 Å². The Morgan fingerprint density at radius 3 is 2.31 bits per heavy atom. The Morgan fingerprint density at radius 2 is 1.72 bits per heavy atom. The van der Waals surface area contributed by atoms with Crippen LogP contribution in [0.4, 0.5) is 15.8 Å². The van der Waals surface area contributed by atoms with Crippen molar-refractivity contribution in [1.82, 2.24) is 4.72 Å². The van der Waals surface area contributed by atoms with Gasteiger partial charge >= 0.3 is 0 Å². The summed E-state index contributed by atoms with van der Waals surface area (Å²) in [6.07, 6.45) is 0.856. The molecule has 2 aromatic carbocycles. The molecule has 2 rings (SSSR count). The fourth-order valence-electron chi connectivity index (χ4n) is 2.30. The first-order valence-corrected chi connectivity index (χ1v) is 11.9. The van der Waals surface area contributed by atoms with Gasteiger partial charge in [0.2, 0.25) is 20.0 Å². The lowest BCUT2D eigenvalue weighted by atomic mass is 10.2. The minimum absolute atomic E-state index is 0.00240. The second kappa shape index (κ2) is 8.66. The van der Waals surface area contributed by atoms with Crippen LogP contribution in [-0.4, -0.2) is 35.0 Å². The molecule has 0 bridgehead atoms. The van der Waals surface area contributed by atoms with Crippen molar-refractivity contribution in [2.45, 2.75) is 24.8 Å². The molecule has 0 radical (unpaired) electrons. The van der Waals surface area contributed by atoms with E-state index < -0.39 is 31.8 Å². The number of carbonyl (C=O) groups excluding carboxylic acids is 1. The van der Waals surface area contributed by atoms with Gasteiger partial charge in [-0.05, 0) is 50.2 Å². The van der Waals surface area contributed by atoms with E-state index in [0.29, 0.717) is 0 Å². The molecule has 3 N–H and O–H groups in total. The molecule has 29 heavy (non-hydrogen) atoms. The summed E-state index contributed by atoms with van der Waals surface area (Å²) >= 11 is 6.03. The summed E-state index contributed by atoms with van der Waals surface area (Å²) in [5.41, 5.74) is -0.402. The minimum Gasteiger partial charge on any atom is -0.322 e. The third kappa shape index (κ3) is 6.39. The molecule has 0 heterocycles. The Morgan fingerprint density at radius 1 is 1.07 bits per heavy atom. The van der Waals surface area contributed by atoms with Crippen LogP contribution in [0.2, 0.25) is 5.02 Å². The van der Waals surface area contributed by atoms with E-state index in [1.807, 2.05) is 4.72 Å². The maximum Gasteiger partial charge on any atom is 0.257 e. The number of hydrogen-bond acceptors (Lipinski definition) is 5. The number of amides is 1. The van der Waals surface area contributed by atoms with Crippen LogP contribution in [0.5, 0.6) is 0 Å². The molecule has 0 fully saturated rings. The van der Waals surface area contributed by atoms with Crippen LogP contribution >= 0.6 is 11.6 Å². The lowest BCUT2D eigenvalue weighted by Gasteiger charge is -2.13. The van der Waals surface area contributed by atoms with Crippen LogP contribution < -0.4 is 14.8 Å². The fraction of sp³-hybridized carbons (Fsp3) is 0.235. The van der Waals surface area contributed by atoms with E-state index in [1.54, 1.807) is 13.8 Å². The molecule has 0 saturated heterocycles. The third-order valence-electron chi connectivity index (χ3n) is 3.40. The highest BCUT2D eigenvalue weighted by atomic mass is 35.5. The molecule has 8 nitrogen and oxygen atoms in total. The Kier molecular flexibility index (Phi) is 6.89. The van der Waals surface area contributed by atoms with Crippen LogP contribution in [-0.2, 0) is 20.0 Å². The molecule has 12 heteroatoms. The monoisotopic (exact) mass is 463 g/mol. The SMILES string of the molecule is CC(C)NS(=O)(=O)c1ccc(Cl)c(C(=O)Nc2ccc(F)c(NS(C)(=O)=O)c2)c1. The van der Waals surface area contributed by atoms with E-state index in [0.717, 1.165) is 24.5 Å². The zero-order chi connectivity index (χ0) is 22.0. The number of sulfonamides is 2. The summed E-state index contributed by atoms with van der Waals surface area (Å²) in [6.45, 7) is 3.30. The van der Waals surface area contributed by atoms with Crippen molar-refractivity contribution in [3.8, 4) is 0 Å². The Hall–Kier alpha value is -2.21. The van der Waals surface area contributed by atoms with E-state index in [2.05, 4.69) is 10.0 Å². The van der Waals surface area contributed by atoms with Crippen LogP contribution in [0.3, 0.4) is 0 Å². The summed E-state index contributed by atoms with van der Waals surface area (Å²) in [5, 5.41) is 2.43. The average molecular weight is 464 g/mol. The molecular formula is C17H19ClFN3O5S2. The van der Waals surface area contributed by atoms with Gasteiger partial charge in [0.15, 0.2) is 0 Å². The third-order valence-corrected chi connectivity index (χ3v) is 5.98. The van der Waals surface area contributed by atoms with Gasteiger partial charge in [0, 0.05) is 11.7 Å². The summed E-state index contributed by atoms with van der Waals surface area (Å²) in [4.78, 5) is 12.4. The number of halogens is 2. The maximum absolute atomic E-state index is 13.8. The molecule has 0 aromatic heterocycles. The van der Waals surface area contributed by atoms with Gasteiger partial charge in [-0.25, -0.2) is 25.9 Å². The van der Waals surface area contributed by atoms with Crippen molar-refractivity contribution in [1.29, 1.82) is 0 Å². The summed E-state index contributed by atoms with van der Waals surface area (Å²) in [5.74, 6) is -1.59. The molecule has 2 aromatic rings.